The van der Waals surface area contributed by atoms with E-state index in [2.05, 4.69) is 4.98 Å². The summed E-state index contributed by atoms with van der Waals surface area (Å²) in [5, 5.41) is 1.89. The van der Waals surface area contributed by atoms with Gasteiger partial charge in [-0.1, -0.05) is 30.3 Å². The number of hydrogen-bond acceptors (Lipinski definition) is 4. The minimum Gasteiger partial charge on any atom is -0.370 e. The Balaban J connectivity index is 1.60. The summed E-state index contributed by atoms with van der Waals surface area (Å²) in [5.74, 6) is -1.11. The molecule has 0 fully saturated rings. The molecule has 0 aliphatic heterocycles. The van der Waals surface area contributed by atoms with Crippen LogP contribution in [0.3, 0.4) is 0 Å². The SMILES string of the molecule is NC(=O)CCN(C(=O)Cc1csc2nc(-c3ccccc3)cn12)c1ccc(F)cc1. The molecule has 0 aliphatic carbocycles. The molecule has 2 aromatic heterocycles. The van der Waals surface area contributed by atoms with Gasteiger partial charge in [0.25, 0.3) is 0 Å². The van der Waals surface area contributed by atoms with Crippen LogP contribution in [-0.4, -0.2) is 27.7 Å². The largest absolute Gasteiger partial charge is 0.370 e. The van der Waals surface area contributed by atoms with E-state index in [1.165, 1.54) is 40.5 Å². The molecule has 6 nitrogen and oxygen atoms in total. The molecule has 0 aliphatic rings. The first kappa shape index (κ1) is 19.8. The number of benzene rings is 2. The van der Waals surface area contributed by atoms with Gasteiger partial charge in [-0.25, -0.2) is 9.37 Å². The molecule has 2 N–H and O–H groups in total. The van der Waals surface area contributed by atoms with Crippen LogP contribution in [0, 0.1) is 5.82 Å². The summed E-state index contributed by atoms with van der Waals surface area (Å²) in [5.41, 5.74) is 8.41. The predicted octanol–water partition coefficient (Wildman–Crippen LogP) is 3.65. The van der Waals surface area contributed by atoms with Crippen LogP contribution in [-0.2, 0) is 16.0 Å². The number of amides is 2. The molecular formula is C22H19FN4O2S. The maximum Gasteiger partial charge on any atom is 0.232 e. The normalized spacial score (nSPS) is 11.0. The van der Waals surface area contributed by atoms with E-state index in [1.54, 1.807) is 0 Å². The van der Waals surface area contributed by atoms with Crippen molar-refractivity contribution in [3.8, 4) is 11.3 Å². The van der Waals surface area contributed by atoms with Crippen LogP contribution < -0.4 is 10.6 Å². The number of rotatable bonds is 7. The van der Waals surface area contributed by atoms with E-state index in [1.807, 2.05) is 46.3 Å². The molecule has 8 heteroatoms. The van der Waals surface area contributed by atoms with Crippen LogP contribution in [0.15, 0.2) is 66.2 Å². The molecule has 0 atom stereocenters. The van der Waals surface area contributed by atoms with Crippen LogP contribution in [0.2, 0.25) is 0 Å². The number of carbonyl (C=O) groups excluding carboxylic acids is 2. The lowest BCUT2D eigenvalue weighted by Gasteiger charge is -2.22. The van der Waals surface area contributed by atoms with Crippen molar-refractivity contribution >= 4 is 33.8 Å². The molecule has 0 radical (unpaired) electrons. The molecule has 2 heterocycles. The van der Waals surface area contributed by atoms with Gasteiger partial charge in [0.05, 0.1) is 12.1 Å². The van der Waals surface area contributed by atoms with Crippen molar-refractivity contribution in [1.82, 2.24) is 9.38 Å². The Morgan fingerprint density at radius 3 is 2.53 bits per heavy atom. The summed E-state index contributed by atoms with van der Waals surface area (Å²) >= 11 is 1.46. The molecule has 152 valence electrons. The highest BCUT2D eigenvalue weighted by atomic mass is 32.1. The Bertz CT molecular complexity index is 1190. The number of nitrogens with two attached hydrogens (primary N) is 1. The minimum atomic E-state index is -0.505. The number of aromatic nitrogens is 2. The molecule has 2 aromatic carbocycles. The van der Waals surface area contributed by atoms with E-state index in [0.717, 1.165) is 21.9 Å². The van der Waals surface area contributed by atoms with E-state index >= 15 is 0 Å². The lowest BCUT2D eigenvalue weighted by molar-refractivity contribution is -0.118. The van der Waals surface area contributed by atoms with Gasteiger partial charge in [-0.05, 0) is 24.3 Å². The maximum absolute atomic E-state index is 13.3. The molecule has 4 aromatic rings. The number of imidazole rings is 1. The molecule has 2 amide bonds. The number of halogens is 1. The molecule has 30 heavy (non-hydrogen) atoms. The number of nitrogens with zero attached hydrogens (tertiary/aromatic N) is 3. The average molecular weight is 422 g/mol. The summed E-state index contributed by atoms with van der Waals surface area (Å²) in [6, 6.07) is 15.4. The zero-order chi connectivity index (χ0) is 21.1. The van der Waals surface area contributed by atoms with Crippen molar-refractivity contribution in [3.63, 3.8) is 0 Å². The zero-order valence-electron chi connectivity index (χ0n) is 16.0. The number of carbonyl (C=O) groups is 2. The van der Waals surface area contributed by atoms with E-state index in [4.69, 9.17) is 5.73 Å². The van der Waals surface area contributed by atoms with Gasteiger partial charge < -0.3 is 10.6 Å². The second-order valence-electron chi connectivity index (χ2n) is 6.79. The molecule has 0 saturated heterocycles. The van der Waals surface area contributed by atoms with Crippen LogP contribution in [0.25, 0.3) is 16.2 Å². The Kier molecular flexibility index (Phi) is 5.58. The Hall–Kier alpha value is -3.52. The summed E-state index contributed by atoms with van der Waals surface area (Å²) in [7, 11) is 0. The van der Waals surface area contributed by atoms with Gasteiger partial charge in [0.15, 0.2) is 4.96 Å². The van der Waals surface area contributed by atoms with Gasteiger partial charge in [-0.2, -0.15) is 0 Å². The molecule has 4 rings (SSSR count). The first-order valence-corrected chi connectivity index (χ1v) is 10.2. The van der Waals surface area contributed by atoms with Crippen molar-refractivity contribution in [3.05, 3.63) is 77.7 Å². The highest BCUT2D eigenvalue weighted by Gasteiger charge is 2.20. The Morgan fingerprint density at radius 2 is 1.83 bits per heavy atom. The van der Waals surface area contributed by atoms with Crippen molar-refractivity contribution in [2.75, 3.05) is 11.4 Å². The number of anilines is 1. The summed E-state index contributed by atoms with van der Waals surface area (Å²) < 4.78 is 15.2. The third-order valence-electron chi connectivity index (χ3n) is 4.71. The van der Waals surface area contributed by atoms with E-state index in [9.17, 15) is 14.0 Å². The van der Waals surface area contributed by atoms with Crippen LogP contribution >= 0.6 is 11.3 Å². The lowest BCUT2D eigenvalue weighted by Crippen LogP contribution is -2.35. The third-order valence-corrected chi connectivity index (χ3v) is 5.60. The quantitative estimate of drug-likeness (QED) is 0.494. The van der Waals surface area contributed by atoms with Crippen molar-refractivity contribution in [2.45, 2.75) is 12.8 Å². The molecule has 0 saturated carbocycles. The van der Waals surface area contributed by atoms with Crippen molar-refractivity contribution in [2.24, 2.45) is 5.73 Å². The predicted molar refractivity (Wildman–Crippen MR) is 115 cm³/mol. The standard InChI is InChI=1S/C22H19FN4O2S/c23-16-6-8-17(9-7-16)26(11-10-20(24)28)21(29)12-18-14-30-22-25-19(13-27(18)22)15-4-2-1-3-5-15/h1-9,13-14H,10-12H2,(H2,24,28). The first-order chi connectivity index (χ1) is 14.5. The highest BCUT2D eigenvalue weighted by Crippen LogP contribution is 2.25. The topological polar surface area (TPSA) is 80.7 Å². The van der Waals surface area contributed by atoms with Gasteiger partial charge >= 0.3 is 0 Å². The lowest BCUT2D eigenvalue weighted by atomic mass is 10.2. The highest BCUT2D eigenvalue weighted by molar-refractivity contribution is 7.15. The van der Waals surface area contributed by atoms with Crippen molar-refractivity contribution in [1.29, 1.82) is 0 Å². The first-order valence-electron chi connectivity index (χ1n) is 9.36. The Morgan fingerprint density at radius 1 is 1.10 bits per heavy atom. The average Bonchev–Trinajstić information content (AvgIpc) is 3.32. The smallest absolute Gasteiger partial charge is 0.232 e. The van der Waals surface area contributed by atoms with Crippen LogP contribution in [0.1, 0.15) is 12.1 Å². The van der Waals surface area contributed by atoms with Crippen LogP contribution in [0.5, 0.6) is 0 Å². The molecule has 0 unspecified atom stereocenters. The molecule has 0 spiro atoms. The Labute approximate surface area is 176 Å². The van der Waals surface area contributed by atoms with Gasteiger partial charge in [-0.15, -0.1) is 11.3 Å². The number of fused-ring (bicyclic) bond motifs is 1. The van der Waals surface area contributed by atoms with Gasteiger partial charge in [0.1, 0.15) is 5.82 Å². The monoisotopic (exact) mass is 422 g/mol. The maximum atomic E-state index is 13.3. The van der Waals surface area contributed by atoms with E-state index in [-0.39, 0.29) is 25.3 Å². The second-order valence-corrected chi connectivity index (χ2v) is 7.62. The fourth-order valence-corrected chi connectivity index (χ4v) is 4.07. The van der Waals surface area contributed by atoms with Crippen molar-refractivity contribution < 1.29 is 14.0 Å². The number of primary amides is 1. The zero-order valence-corrected chi connectivity index (χ0v) is 16.8. The van der Waals surface area contributed by atoms with Crippen LogP contribution in [0.4, 0.5) is 10.1 Å². The van der Waals surface area contributed by atoms with E-state index < -0.39 is 11.7 Å². The number of thiazole rings is 1. The fraction of sp³-hybridized carbons (Fsp3) is 0.136. The summed E-state index contributed by atoms with van der Waals surface area (Å²) in [6.07, 6.45) is 2.04. The fourth-order valence-electron chi connectivity index (χ4n) is 3.20. The second kappa shape index (κ2) is 8.46. The number of hydrogen-bond donors (Lipinski definition) is 1. The third kappa shape index (κ3) is 4.23. The molecule has 0 bridgehead atoms. The summed E-state index contributed by atoms with van der Waals surface area (Å²) in [4.78, 5) is 31.2. The van der Waals surface area contributed by atoms with Gasteiger partial charge in [0.2, 0.25) is 11.8 Å². The molecular weight excluding hydrogens is 403 g/mol. The van der Waals surface area contributed by atoms with Gasteiger partial charge in [-0.3, -0.25) is 14.0 Å². The minimum absolute atomic E-state index is 0.0192. The van der Waals surface area contributed by atoms with Gasteiger partial charge in [0, 0.05) is 41.5 Å². The van der Waals surface area contributed by atoms with E-state index in [0.29, 0.717) is 5.69 Å². The summed E-state index contributed by atoms with van der Waals surface area (Å²) in [6.45, 7) is 0.131.